The number of benzene rings is 3. The molecule has 0 atom stereocenters. The summed E-state index contributed by atoms with van der Waals surface area (Å²) in [7, 11) is 0. The maximum atomic E-state index is 13.0. The number of hydrogen-bond acceptors (Lipinski definition) is 3. The van der Waals surface area contributed by atoms with Gasteiger partial charge in [-0.25, -0.2) is 4.99 Å². The van der Waals surface area contributed by atoms with Crippen molar-refractivity contribution in [3.05, 3.63) is 112 Å². The summed E-state index contributed by atoms with van der Waals surface area (Å²) in [6, 6.07) is 26.4. The van der Waals surface area contributed by atoms with Crippen LogP contribution in [-0.4, -0.2) is 23.0 Å². The van der Waals surface area contributed by atoms with Crippen molar-refractivity contribution in [2.75, 3.05) is 0 Å². The highest BCUT2D eigenvalue weighted by Crippen LogP contribution is 2.22. The highest BCUT2D eigenvalue weighted by atomic mass is 35.5. The molecule has 0 fully saturated rings. The molecule has 0 aliphatic carbocycles. The largest absolute Gasteiger partial charge is 0.298 e. The lowest BCUT2D eigenvalue weighted by Crippen LogP contribution is -2.27. The van der Waals surface area contributed by atoms with Crippen LogP contribution in [0.4, 0.5) is 0 Å². The van der Waals surface area contributed by atoms with Crippen LogP contribution in [-0.2, 0) is 4.79 Å². The van der Waals surface area contributed by atoms with E-state index in [1.165, 1.54) is 5.01 Å². The highest BCUT2D eigenvalue weighted by molar-refractivity contribution is 6.30. The quantitative estimate of drug-likeness (QED) is 0.460. The van der Waals surface area contributed by atoms with Gasteiger partial charge in [-0.3, -0.25) is 4.79 Å². The van der Waals surface area contributed by atoms with E-state index in [0.717, 1.165) is 16.7 Å². The minimum atomic E-state index is -0.270. The fourth-order valence-electron chi connectivity index (χ4n) is 2.77. The average Bonchev–Trinajstić information content (AvgIpc) is 3.04. The molecule has 1 amide bonds. The van der Waals surface area contributed by atoms with Crippen molar-refractivity contribution in [2.24, 2.45) is 10.1 Å². The summed E-state index contributed by atoms with van der Waals surface area (Å²) < 4.78 is 0. The lowest BCUT2D eigenvalue weighted by molar-refractivity contribution is -0.122. The summed E-state index contributed by atoms with van der Waals surface area (Å²) in [6.45, 7) is 0. The molecule has 0 aromatic heterocycles. The van der Waals surface area contributed by atoms with Crippen LogP contribution >= 0.6 is 11.6 Å². The maximum Gasteiger partial charge on any atom is 0.298 e. The highest BCUT2D eigenvalue weighted by Gasteiger charge is 2.31. The predicted octanol–water partition coefficient (Wildman–Crippen LogP) is 5.00. The Morgan fingerprint density at radius 3 is 2.14 bits per heavy atom. The first kappa shape index (κ1) is 17.9. The van der Waals surface area contributed by atoms with Gasteiger partial charge < -0.3 is 0 Å². The Bertz CT molecular complexity index is 1070. The third-order valence-electron chi connectivity index (χ3n) is 4.17. The van der Waals surface area contributed by atoms with Gasteiger partial charge in [0.05, 0.1) is 6.21 Å². The predicted molar refractivity (Wildman–Crippen MR) is 113 cm³/mol. The molecule has 1 heterocycles. The van der Waals surface area contributed by atoms with Gasteiger partial charge in [-0.2, -0.15) is 10.1 Å². The number of carbonyl (C=O) groups excluding carboxylic acids is 1. The summed E-state index contributed by atoms with van der Waals surface area (Å²) in [5.41, 5.74) is 2.91. The summed E-state index contributed by atoms with van der Waals surface area (Å²) in [5, 5.41) is 6.38. The average molecular weight is 386 g/mol. The van der Waals surface area contributed by atoms with Crippen LogP contribution in [0.3, 0.4) is 0 Å². The summed E-state index contributed by atoms with van der Waals surface area (Å²) in [5.74, 6) is 0.228. The van der Waals surface area contributed by atoms with Gasteiger partial charge >= 0.3 is 0 Å². The van der Waals surface area contributed by atoms with E-state index < -0.39 is 0 Å². The van der Waals surface area contributed by atoms with E-state index in [2.05, 4.69) is 10.1 Å². The van der Waals surface area contributed by atoms with Crippen molar-refractivity contribution >= 4 is 35.6 Å². The normalized spacial score (nSPS) is 15.5. The van der Waals surface area contributed by atoms with Crippen LogP contribution < -0.4 is 0 Å². The first-order chi connectivity index (χ1) is 13.7. The van der Waals surface area contributed by atoms with Crippen LogP contribution in [0.15, 0.2) is 101 Å². The molecule has 3 aromatic rings. The van der Waals surface area contributed by atoms with E-state index in [9.17, 15) is 4.79 Å². The zero-order valence-electron chi connectivity index (χ0n) is 14.9. The first-order valence-corrected chi connectivity index (χ1v) is 9.13. The molecule has 3 aromatic carbocycles. The Hall–Kier alpha value is -3.50. The van der Waals surface area contributed by atoms with Gasteiger partial charge in [-0.15, -0.1) is 0 Å². The number of hydrogen-bond donors (Lipinski definition) is 0. The van der Waals surface area contributed by atoms with Crippen LogP contribution in [0.1, 0.15) is 16.7 Å². The molecule has 0 N–H and O–H groups in total. The molecular formula is C23H16ClN3O. The zero-order valence-corrected chi connectivity index (χ0v) is 15.6. The molecule has 5 heteroatoms. The van der Waals surface area contributed by atoms with E-state index in [4.69, 9.17) is 11.6 Å². The van der Waals surface area contributed by atoms with Crippen LogP contribution in [0.2, 0.25) is 5.02 Å². The van der Waals surface area contributed by atoms with Crippen molar-refractivity contribution in [1.29, 1.82) is 0 Å². The number of halogens is 1. The monoisotopic (exact) mass is 385 g/mol. The smallest absolute Gasteiger partial charge is 0.265 e. The molecule has 1 aliphatic rings. The second kappa shape index (κ2) is 8.03. The van der Waals surface area contributed by atoms with E-state index in [-0.39, 0.29) is 5.91 Å². The van der Waals surface area contributed by atoms with Gasteiger partial charge in [-0.05, 0) is 29.3 Å². The molecule has 0 saturated heterocycles. The molecule has 4 rings (SSSR count). The Balaban J connectivity index is 1.71. The second-order valence-electron chi connectivity index (χ2n) is 6.15. The number of nitrogens with zero attached hydrogens (tertiary/aromatic N) is 3. The number of amidine groups is 1. The van der Waals surface area contributed by atoms with Crippen molar-refractivity contribution < 1.29 is 4.79 Å². The third-order valence-corrected chi connectivity index (χ3v) is 4.42. The fraction of sp³-hybridized carbons (Fsp3) is 0. The Morgan fingerprint density at radius 2 is 1.46 bits per heavy atom. The Morgan fingerprint density at radius 1 is 0.821 bits per heavy atom. The number of aliphatic imine (C=N–C) groups is 1. The van der Waals surface area contributed by atoms with Gasteiger partial charge in [0.1, 0.15) is 5.70 Å². The van der Waals surface area contributed by atoms with Crippen molar-refractivity contribution in [2.45, 2.75) is 0 Å². The topological polar surface area (TPSA) is 45.0 Å². The molecule has 28 heavy (non-hydrogen) atoms. The summed E-state index contributed by atoms with van der Waals surface area (Å²) in [4.78, 5) is 17.5. The number of carbonyl (C=O) groups is 1. The molecule has 0 radical (unpaired) electrons. The lowest BCUT2D eigenvalue weighted by atomic mass is 10.2. The van der Waals surface area contributed by atoms with Gasteiger partial charge in [0.2, 0.25) is 0 Å². The molecule has 4 nitrogen and oxygen atoms in total. The van der Waals surface area contributed by atoms with E-state index in [1.54, 1.807) is 24.4 Å². The van der Waals surface area contributed by atoms with E-state index in [1.807, 2.05) is 72.8 Å². The number of hydrazone groups is 1. The Labute approximate surface area is 168 Å². The molecule has 136 valence electrons. The zero-order chi connectivity index (χ0) is 19.3. The maximum absolute atomic E-state index is 13.0. The van der Waals surface area contributed by atoms with Crippen LogP contribution in [0, 0.1) is 0 Å². The van der Waals surface area contributed by atoms with Crippen molar-refractivity contribution in [1.82, 2.24) is 5.01 Å². The number of rotatable bonds is 4. The third kappa shape index (κ3) is 3.92. The van der Waals surface area contributed by atoms with E-state index in [0.29, 0.717) is 16.6 Å². The van der Waals surface area contributed by atoms with Crippen LogP contribution in [0.25, 0.3) is 6.08 Å². The lowest BCUT2D eigenvalue weighted by Gasteiger charge is -2.11. The molecule has 0 bridgehead atoms. The minimum Gasteiger partial charge on any atom is -0.265 e. The standard InChI is InChI=1S/C23H16ClN3O/c24-20-13-11-18(12-14-20)16-25-27-22(19-9-5-2-6-10-19)26-21(23(27)28)15-17-7-3-1-4-8-17/h1-16H/b21-15+,25-16+. The molecule has 0 unspecified atom stereocenters. The fourth-order valence-corrected chi connectivity index (χ4v) is 2.90. The second-order valence-corrected chi connectivity index (χ2v) is 6.59. The van der Waals surface area contributed by atoms with Gasteiger partial charge in [0.25, 0.3) is 5.91 Å². The first-order valence-electron chi connectivity index (χ1n) is 8.75. The van der Waals surface area contributed by atoms with Gasteiger partial charge in [-0.1, -0.05) is 84.4 Å². The molecular weight excluding hydrogens is 370 g/mol. The van der Waals surface area contributed by atoms with Crippen LogP contribution in [0.5, 0.6) is 0 Å². The van der Waals surface area contributed by atoms with Crippen molar-refractivity contribution in [3.63, 3.8) is 0 Å². The number of amides is 1. The minimum absolute atomic E-state index is 0.270. The summed E-state index contributed by atoms with van der Waals surface area (Å²) in [6.07, 6.45) is 3.39. The molecule has 1 aliphatic heterocycles. The SMILES string of the molecule is O=C1/C(=C\c2ccccc2)N=C(c2ccccc2)N1/N=C/c1ccc(Cl)cc1. The van der Waals surface area contributed by atoms with E-state index >= 15 is 0 Å². The molecule has 0 saturated carbocycles. The van der Waals surface area contributed by atoms with Gasteiger partial charge in [0, 0.05) is 10.6 Å². The summed E-state index contributed by atoms with van der Waals surface area (Å²) >= 11 is 5.93. The Kier molecular flexibility index (Phi) is 5.13. The van der Waals surface area contributed by atoms with Gasteiger partial charge in [0.15, 0.2) is 5.84 Å². The molecule has 0 spiro atoms. The van der Waals surface area contributed by atoms with Crippen molar-refractivity contribution in [3.8, 4) is 0 Å².